The van der Waals surface area contributed by atoms with Crippen LogP contribution in [0.4, 0.5) is 4.39 Å². The summed E-state index contributed by atoms with van der Waals surface area (Å²) in [5.74, 6) is 0.0870. The highest BCUT2D eigenvalue weighted by Gasteiger charge is 2.05. The molecule has 0 bridgehead atoms. The molecule has 2 heterocycles. The summed E-state index contributed by atoms with van der Waals surface area (Å²) >= 11 is 0. The van der Waals surface area contributed by atoms with Gasteiger partial charge >= 0.3 is 0 Å². The largest absolute Gasteiger partial charge is 0.481 e. The van der Waals surface area contributed by atoms with E-state index in [0.717, 1.165) is 5.56 Å². The van der Waals surface area contributed by atoms with Crippen LogP contribution in [0.15, 0.2) is 37.2 Å². The second kappa shape index (κ2) is 4.74. The van der Waals surface area contributed by atoms with Gasteiger partial charge in [0.15, 0.2) is 0 Å². The average Bonchev–Trinajstić information content (AvgIpc) is 2.38. The maximum Gasteiger partial charge on any atom is 0.213 e. The second-order valence-corrected chi connectivity index (χ2v) is 3.38. The Morgan fingerprint density at radius 2 is 2.12 bits per heavy atom. The highest BCUT2D eigenvalue weighted by Crippen LogP contribution is 2.23. The zero-order chi connectivity index (χ0) is 12.3. The van der Waals surface area contributed by atoms with Crippen LogP contribution in [0.25, 0.3) is 17.2 Å². The molecule has 17 heavy (non-hydrogen) atoms. The highest BCUT2D eigenvalue weighted by atomic mass is 19.1. The zero-order valence-corrected chi connectivity index (χ0v) is 9.35. The van der Waals surface area contributed by atoms with Crippen molar-refractivity contribution in [1.29, 1.82) is 0 Å². The number of halogens is 1. The van der Waals surface area contributed by atoms with Crippen LogP contribution in [-0.4, -0.2) is 17.1 Å². The summed E-state index contributed by atoms with van der Waals surface area (Å²) in [6.07, 6.45) is 4.58. The summed E-state index contributed by atoms with van der Waals surface area (Å²) in [5, 5.41) is 0. The minimum Gasteiger partial charge on any atom is -0.481 e. The lowest BCUT2D eigenvalue weighted by molar-refractivity contribution is 0.398. The van der Waals surface area contributed by atoms with E-state index in [2.05, 4.69) is 16.5 Å². The molecule has 0 atom stereocenters. The van der Waals surface area contributed by atoms with Crippen molar-refractivity contribution in [3.63, 3.8) is 0 Å². The van der Waals surface area contributed by atoms with E-state index < -0.39 is 5.82 Å². The molecule has 0 aromatic carbocycles. The van der Waals surface area contributed by atoms with Gasteiger partial charge in [0.1, 0.15) is 5.82 Å². The molecule has 86 valence electrons. The van der Waals surface area contributed by atoms with E-state index >= 15 is 0 Å². The van der Waals surface area contributed by atoms with Crippen LogP contribution >= 0.6 is 0 Å². The summed E-state index contributed by atoms with van der Waals surface area (Å²) in [7, 11) is 1.53. The molecule has 0 N–H and O–H groups in total. The summed E-state index contributed by atoms with van der Waals surface area (Å²) in [6.45, 7) is 3.49. The third-order valence-corrected chi connectivity index (χ3v) is 2.34. The fraction of sp³-hybridized carbons (Fsp3) is 0.0769. The topological polar surface area (TPSA) is 35.0 Å². The summed E-state index contributed by atoms with van der Waals surface area (Å²) in [6, 6.07) is 4.91. The van der Waals surface area contributed by atoms with Gasteiger partial charge in [-0.3, -0.25) is 4.98 Å². The zero-order valence-electron chi connectivity index (χ0n) is 9.35. The molecule has 0 saturated heterocycles. The van der Waals surface area contributed by atoms with Crippen molar-refractivity contribution in [1.82, 2.24) is 9.97 Å². The molecular formula is C13H11FN2O. The van der Waals surface area contributed by atoms with Gasteiger partial charge in [-0.05, 0) is 23.8 Å². The van der Waals surface area contributed by atoms with Crippen molar-refractivity contribution in [3.8, 4) is 17.0 Å². The molecule has 2 rings (SSSR count). The Morgan fingerprint density at radius 1 is 1.29 bits per heavy atom. The molecule has 2 aromatic heterocycles. The van der Waals surface area contributed by atoms with E-state index in [1.165, 1.54) is 19.3 Å². The monoisotopic (exact) mass is 230 g/mol. The molecule has 0 aliphatic carbocycles. The Morgan fingerprint density at radius 3 is 2.76 bits per heavy atom. The SMILES string of the molecule is C=Cc1ncc(-c2ccnc(OC)c2)cc1F. The number of aromatic nitrogens is 2. The lowest BCUT2D eigenvalue weighted by atomic mass is 10.1. The van der Waals surface area contributed by atoms with Crippen molar-refractivity contribution < 1.29 is 9.13 Å². The Hall–Kier alpha value is -2.23. The van der Waals surface area contributed by atoms with E-state index in [9.17, 15) is 4.39 Å². The van der Waals surface area contributed by atoms with E-state index in [4.69, 9.17) is 4.74 Å². The first-order chi connectivity index (χ1) is 8.24. The number of hydrogen-bond donors (Lipinski definition) is 0. The first-order valence-corrected chi connectivity index (χ1v) is 5.03. The number of hydrogen-bond acceptors (Lipinski definition) is 3. The lowest BCUT2D eigenvalue weighted by Gasteiger charge is -2.04. The molecule has 0 aliphatic heterocycles. The number of nitrogens with zero attached hydrogens (tertiary/aromatic N) is 2. The van der Waals surface area contributed by atoms with Crippen molar-refractivity contribution in [2.24, 2.45) is 0 Å². The molecule has 2 aromatic rings. The average molecular weight is 230 g/mol. The van der Waals surface area contributed by atoms with Crippen LogP contribution in [0, 0.1) is 5.82 Å². The smallest absolute Gasteiger partial charge is 0.213 e. The molecule has 0 saturated carbocycles. The molecule has 0 aliphatic rings. The van der Waals surface area contributed by atoms with Gasteiger partial charge in [-0.25, -0.2) is 9.37 Å². The van der Waals surface area contributed by atoms with E-state index in [-0.39, 0.29) is 5.69 Å². The van der Waals surface area contributed by atoms with Crippen LogP contribution in [0.2, 0.25) is 0 Å². The van der Waals surface area contributed by atoms with Gasteiger partial charge in [0.05, 0.1) is 12.8 Å². The van der Waals surface area contributed by atoms with Gasteiger partial charge in [-0.2, -0.15) is 0 Å². The van der Waals surface area contributed by atoms with Gasteiger partial charge in [-0.15, -0.1) is 0 Å². The molecule has 3 nitrogen and oxygen atoms in total. The number of ether oxygens (including phenoxy) is 1. The quantitative estimate of drug-likeness (QED) is 0.813. The minimum absolute atomic E-state index is 0.245. The van der Waals surface area contributed by atoms with E-state index in [1.54, 1.807) is 24.5 Å². The van der Waals surface area contributed by atoms with E-state index in [1.807, 2.05) is 0 Å². The molecule has 4 heteroatoms. The molecule has 0 unspecified atom stereocenters. The maximum absolute atomic E-state index is 13.5. The van der Waals surface area contributed by atoms with Crippen molar-refractivity contribution in [3.05, 3.63) is 48.7 Å². The Bertz CT molecular complexity index is 555. The molecule has 0 fully saturated rings. The third kappa shape index (κ3) is 2.30. The summed E-state index contributed by atoms with van der Waals surface area (Å²) in [5.41, 5.74) is 1.72. The first-order valence-electron chi connectivity index (χ1n) is 5.03. The summed E-state index contributed by atoms with van der Waals surface area (Å²) in [4.78, 5) is 7.96. The fourth-order valence-corrected chi connectivity index (χ4v) is 1.46. The molecule has 0 amide bonds. The normalized spacial score (nSPS) is 10.0. The van der Waals surface area contributed by atoms with Gasteiger partial charge in [-0.1, -0.05) is 6.58 Å². The van der Waals surface area contributed by atoms with Crippen molar-refractivity contribution in [2.45, 2.75) is 0 Å². The predicted octanol–water partition coefficient (Wildman–Crippen LogP) is 2.93. The van der Waals surface area contributed by atoms with Gasteiger partial charge < -0.3 is 4.74 Å². The third-order valence-electron chi connectivity index (χ3n) is 2.34. The highest BCUT2D eigenvalue weighted by molar-refractivity contribution is 5.64. The maximum atomic E-state index is 13.5. The van der Waals surface area contributed by atoms with Crippen LogP contribution in [-0.2, 0) is 0 Å². The van der Waals surface area contributed by atoms with Crippen molar-refractivity contribution >= 4 is 6.08 Å². The van der Waals surface area contributed by atoms with Gasteiger partial charge in [0, 0.05) is 24.0 Å². The van der Waals surface area contributed by atoms with Crippen LogP contribution < -0.4 is 4.74 Å². The number of rotatable bonds is 3. The van der Waals surface area contributed by atoms with Gasteiger partial charge in [0.2, 0.25) is 5.88 Å². The van der Waals surface area contributed by atoms with Crippen LogP contribution in [0.3, 0.4) is 0 Å². The Kier molecular flexibility index (Phi) is 3.14. The van der Waals surface area contributed by atoms with Gasteiger partial charge in [0.25, 0.3) is 0 Å². The number of methoxy groups -OCH3 is 1. The predicted molar refractivity (Wildman–Crippen MR) is 64.1 cm³/mol. The molecule has 0 radical (unpaired) electrons. The number of pyridine rings is 2. The standard InChI is InChI=1S/C13H11FN2O/c1-3-12-11(14)6-10(8-16-12)9-4-5-15-13(7-9)17-2/h3-8H,1H2,2H3. The fourth-order valence-electron chi connectivity index (χ4n) is 1.46. The Balaban J connectivity index is 2.45. The van der Waals surface area contributed by atoms with Crippen LogP contribution in [0.1, 0.15) is 5.69 Å². The first kappa shape index (κ1) is 11.3. The molecular weight excluding hydrogens is 219 g/mol. The Labute approximate surface area is 98.6 Å². The van der Waals surface area contributed by atoms with Crippen LogP contribution in [0.5, 0.6) is 5.88 Å². The minimum atomic E-state index is -0.395. The molecule has 0 spiro atoms. The van der Waals surface area contributed by atoms with E-state index in [0.29, 0.717) is 11.4 Å². The summed E-state index contributed by atoms with van der Waals surface area (Å²) < 4.78 is 18.5. The lowest BCUT2D eigenvalue weighted by Crippen LogP contribution is -1.91. The second-order valence-electron chi connectivity index (χ2n) is 3.38. The van der Waals surface area contributed by atoms with Crippen molar-refractivity contribution in [2.75, 3.05) is 7.11 Å².